The van der Waals surface area contributed by atoms with E-state index in [4.69, 9.17) is 0 Å². The molecule has 1 aromatic heterocycles. The highest BCUT2D eigenvalue weighted by Gasteiger charge is 1.81. The molecule has 0 amide bonds. The minimum Gasteiger partial charge on any atom is -0.204 e. The molecule has 3 heteroatoms. The fourth-order valence-corrected chi connectivity index (χ4v) is 0.246. The van der Waals surface area contributed by atoms with E-state index >= 15 is 0 Å². The fourth-order valence-electron chi connectivity index (χ4n) is 0.246. The summed E-state index contributed by atoms with van der Waals surface area (Å²) in [5.74, 6) is -0.477. The van der Waals surface area contributed by atoms with Crippen molar-refractivity contribution in [3.05, 3.63) is 24.3 Å². The van der Waals surface area contributed by atoms with Gasteiger partial charge in [-0.2, -0.15) is 5.10 Å². The van der Waals surface area contributed by atoms with Crippen molar-refractivity contribution in [1.82, 2.24) is 10.2 Å². The van der Waals surface area contributed by atoms with Gasteiger partial charge < -0.3 is 0 Å². The average molecular weight is 97.1 g/mol. The van der Waals surface area contributed by atoms with Gasteiger partial charge in [0.05, 0.1) is 6.20 Å². The molecule has 1 heterocycles. The van der Waals surface area contributed by atoms with E-state index in [1.165, 1.54) is 12.3 Å². The quantitative estimate of drug-likeness (QED) is 0.468. The molecule has 0 saturated heterocycles. The molecule has 35 valence electrons. The van der Waals surface area contributed by atoms with E-state index in [9.17, 15) is 4.39 Å². The van der Waals surface area contributed by atoms with Crippen LogP contribution < -0.4 is 0 Å². The number of hydrogen-bond donors (Lipinski definition) is 0. The molecular formula is C4H2FN2. The van der Waals surface area contributed by atoms with Gasteiger partial charge in [-0.25, -0.2) is 4.39 Å². The zero-order chi connectivity index (χ0) is 5.11. The Morgan fingerprint density at radius 2 is 2.57 bits per heavy atom. The lowest BCUT2D eigenvalue weighted by Crippen LogP contribution is -1.78. The van der Waals surface area contributed by atoms with Crippen molar-refractivity contribution in [3.8, 4) is 0 Å². The van der Waals surface area contributed by atoms with Crippen molar-refractivity contribution in [1.29, 1.82) is 0 Å². The molecule has 0 atom stereocenters. The minimum absolute atomic E-state index is 0.477. The highest BCUT2D eigenvalue weighted by molar-refractivity contribution is 4.83. The van der Waals surface area contributed by atoms with E-state index in [2.05, 4.69) is 10.2 Å². The maximum Gasteiger partial charge on any atom is 0.154 e. The van der Waals surface area contributed by atoms with Gasteiger partial charge in [-0.15, -0.1) is 5.10 Å². The SMILES string of the molecule is Fc1[c]nncc1. The Labute approximate surface area is 40.0 Å². The molecule has 0 N–H and O–H groups in total. The van der Waals surface area contributed by atoms with Gasteiger partial charge in [0.25, 0.3) is 0 Å². The van der Waals surface area contributed by atoms with Gasteiger partial charge in [-0.3, -0.25) is 0 Å². The molecule has 2 nitrogen and oxygen atoms in total. The van der Waals surface area contributed by atoms with Crippen LogP contribution in [-0.2, 0) is 0 Å². The molecule has 0 aliphatic heterocycles. The van der Waals surface area contributed by atoms with Crippen molar-refractivity contribution in [2.24, 2.45) is 0 Å². The lowest BCUT2D eigenvalue weighted by Gasteiger charge is -1.75. The molecule has 0 unspecified atom stereocenters. The molecule has 0 bridgehead atoms. The molecule has 0 aliphatic carbocycles. The minimum atomic E-state index is -0.477. The molecule has 0 saturated carbocycles. The molecule has 1 radical (unpaired) electrons. The van der Waals surface area contributed by atoms with Gasteiger partial charge in [0.15, 0.2) is 12.0 Å². The summed E-state index contributed by atoms with van der Waals surface area (Å²) in [7, 11) is 0. The highest BCUT2D eigenvalue weighted by atomic mass is 19.1. The van der Waals surface area contributed by atoms with Crippen molar-refractivity contribution in [3.63, 3.8) is 0 Å². The Kier molecular flexibility index (Phi) is 0.978. The Hall–Kier alpha value is -0.990. The summed E-state index contributed by atoms with van der Waals surface area (Å²) in [4.78, 5) is 0. The molecule has 0 spiro atoms. The van der Waals surface area contributed by atoms with Crippen LogP contribution in [0.2, 0.25) is 0 Å². The van der Waals surface area contributed by atoms with Crippen LogP contribution in [0.5, 0.6) is 0 Å². The predicted molar refractivity (Wildman–Crippen MR) is 20.8 cm³/mol. The summed E-state index contributed by atoms with van der Waals surface area (Å²) in [5.41, 5.74) is 0. The first-order chi connectivity index (χ1) is 3.39. The zero-order valence-corrected chi connectivity index (χ0v) is 3.43. The van der Waals surface area contributed by atoms with Crippen LogP contribution >= 0.6 is 0 Å². The third-order valence-electron chi connectivity index (χ3n) is 0.502. The molecule has 0 aromatic carbocycles. The maximum absolute atomic E-state index is 11.7. The van der Waals surface area contributed by atoms with Gasteiger partial charge in [0, 0.05) is 0 Å². The fraction of sp³-hybridized carbons (Fsp3) is 0. The largest absolute Gasteiger partial charge is 0.204 e. The Balaban J connectivity index is 3.02. The number of rotatable bonds is 0. The van der Waals surface area contributed by atoms with Gasteiger partial charge in [0.2, 0.25) is 0 Å². The number of halogens is 1. The van der Waals surface area contributed by atoms with Gasteiger partial charge in [-0.1, -0.05) is 0 Å². The Bertz CT molecular complexity index is 140. The lowest BCUT2D eigenvalue weighted by molar-refractivity contribution is 0.611. The van der Waals surface area contributed by atoms with E-state index < -0.39 is 5.82 Å². The molecule has 1 rings (SSSR count). The third-order valence-corrected chi connectivity index (χ3v) is 0.502. The molecule has 1 aromatic rings. The number of aromatic nitrogens is 2. The first-order valence-electron chi connectivity index (χ1n) is 1.74. The maximum atomic E-state index is 11.7. The van der Waals surface area contributed by atoms with Crippen LogP contribution in [-0.4, -0.2) is 10.2 Å². The average Bonchev–Trinajstić information content (AvgIpc) is 1.69. The van der Waals surface area contributed by atoms with E-state index in [0.29, 0.717) is 0 Å². The van der Waals surface area contributed by atoms with Gasteiger partial charge >= 0.3 is 0 Å². The summed E-state index contributed by atoms with van der Waals surface area (Å²) in [6.45, 7) is 0. The Morgan fingerprint density at radius 1 is 1.71 bits per heavy atom. The van der Waals surface area contributed by atoms with Gasteiger partial charge in [-0.05, 0) is 6.07 Å². The summed E-state index contributed by atoms with van der Waals surface area (Å²) in [6, 6.07) is 1.19. The normalized spacial score (nSPS) is 8.71. The van der Waals surface area contributed by atoms with Crippen molar-refractivity contribution < 1.29 is 4.39 Å². The first kappa shape index (κ1) is 4.18. The first-order valence-corrected chi connectivity index (χ1v) is 1.74. The monoisotopic (exact) mass is 97.0 g/mol. The van der Waals surface area contributed by atoms with Crippen LogP contribution in [0, 0.1) is 12.0 Å². The predicted octanol–water partition coefficient (Wildman–Crippen LogP) is 0.416. The van der Waals surface area contributed by atoms with Crippen LogP contribution in [0.3, 0.4) is 0 Å². The van der Waals surface area contributed by atoms with E-state index in [-0.39, 0.29) is 0 Å². The van der Waals surface area contributed by atoms with Crippen LogP contribution in [0.1, 0.15) is 0 Å². The summed E-state index contributed by atoms with van der Waals surface area (Å²) < 4.78 is 11.7. The smallest absolute Gasteiger partial charge is 0.154 e. The summed E-state index contributed by atoms with van der Waals surface area (Å²) in [5, 5.41) is 6.43. The second-order valence-electron chi connectivity index (χ2n) is 0.991. The molecule has 7 heavy (non-hydrogen) atoms. The lowest BCUT2D eigenvalue weighted by atomic mass is 10.6. The Morgan fingerprint density at radius 3 is 2.86 bits per heavy atom. The third kappa shape index (κ3) is 0.924. The highest BCUT2D eigenvalue weighted by Crippen LogP contribution is 1.84. The van der Waals surface area contributed by atoms with E-state index in [1.807, 2.05) is 6.20 Å². The molecular weight excluding hydrogens is 95.1 g/mol. The summed E-state index contributed by atoms with van der Waals surface area (Å²) >= 11 is 0. The van der Waals surface area contributed by atoms with E-state index in [1.54, 1.807) is 0 Å². The van der Waals surface area contributed by atoms with E-state index in [0.717, 1.165) is 0 Å². The second kappa shape index (κ2) is 1.64. The zero-order valence-electron chi connectivity index (χ0n) is 3.43. The standard InChI is InChI=1S/C4H2FN2/c5-4-1-2-6-7-3-4/h1-2H. The van der Waals surface area contributed by atoms with Crippen molar-refractivity contribution >= 4 is 0 Å². The number of hydrogen-bond acceptors (Lipinski definition) is 2. The number of nitrogens with zero attached hydrogens (tertiary/aromatic N) is 2. The van der Waals surface area contributed by atoms with Gasteiger partial charge in [0.1, 0.15) is 0 Å². The van der Waals surface area contributed by atoms with Crippen LogP contribution in [0.25, 0.3) is 0 Å². The topological polar surface area (TPSA) is 25.8 Å². The van der Waals surface area contributed by atoms with Crippen LogP contribution in [0.15, 0.2) is 12.3 Å². The molecule has 0 aliphatic rings. The molecule has 0 fully saturated rings. The van der Waals surface area contributed by atoms with Crippen molar-refractivity contribution in [2.45, 2.75) is 0 Å². The van der Waals surface area contributed by atoms with Crippen LogP contribution in [0.4, 0.5) is 4.39 Å². The second-order valence-corrected chi connectivity index (χ2v) is 0.991. The summed E-state index contributed by atoms with van der Waals surface area (Å²) in [6.07, 6.45) is 3.27. The van der Waals surface area contributed by atoms with Crippen molar-refractivity contribution in [2.75, 3.05) is 0 Å².